The highest BCUT2D eigenvalue weighted by molar-refractivity contribution is 6.29. The summed E-state index contributed by atoms with van der Waals surface area (Å²) in [5.41, 5.74) is 4.69. The van der Waals surface area contributed by atoms with Crippen molar-refractivity contribution in [1.29, 1.82) is 0 Å². The highest BCUT2D eigenvalue weighted by atomic mass is 35.5. The number of hydrogen-bond donors (Lipinski definition) is 1. The first-order chi connectivity index (χ1) is 12.7. The van der Waals surface area contributed by atoms with Crippen LogP contribution in [0.1, 0.15) is 5.56 Å². The van der Waals surface area contributed by atoms with Crippen LogP contribution in [0.15, 0.2) is 66.7 Å². The molecule has 4 aromatic rings. The van der Waals surface area contributed by atoms with E-state index < -0.39 is 0 Å². The lowest BCUT2D eigenvalue weighted by Crippen LogP contribution is -2.12. The summed E-state index contributed by atoms with van der Waals surface area (Å²) in [4.78, 5) is 16.4. The molecule has 1 aromatic heterocycles. The number of fused-ring (bicyclic) bond motifs is 3. The number of halogens is 1. The Morgan fingerprint density at radius 1 is 1.04 bits per heavy atom. The molecule has 0 aliphatic rings. The molecule has 0 radical (unpaired) electrons. The van der Waals surface area contributed by atoms with Crippen molar-refractivity contribution in [3.8, 4) is 11.3 Å². The van der Waals surface area contributed by atoms with Gasteiger partial charge in [-0.2, -0.15) is 0 Å². The van der Waals surface area contributed by atoms with Gasteiger partial charge in [-0.25, -0.2) is 4.98 Å². The van der Waals surface area contributed by atoms with Gasteiger partial charge in [0.1, 0.15) is 5.88 Å². The van der Waals surface area contributed by atoms with Crippen molar-refractivity contribution in [3.63, 3.8) is 0 Å². The Bertz CT molecular complexity index is 1140. The maximum absolute atomic E-state index is 11.5. The molecular weight excluding hydrogens is 344 g/mol. The third-order valence-electron chi connectivity index (χ3n) is 4.46. The summed E-state index contributed by atoms with van der Waals surface area (Å²) in [6.45, 7) is 2.11. The third kappa shape index (κ3) is 3.02. The van der Waals surface area contributed by atoms with Gasteiger partial charge in [-0.1, -0.05) is 42.5 Å². The standard InChI is InChI=1S/C22H17ClN2O/c1-14-11-20(16-6-4-7-17(12-16)24-21(26)13-23)25-19-10-9-15-5-2-3-8-18(15)22(14)19/h2-12H,13H2,1H3,(H,24,26). The summed E-state index contributed by atoms with van der Waals surface area (Å²) in [7, 11) is 0. The van der Waals surface area contributed by atoms with E-state index in [0.29, 0.717) is 5.69 Å². The maximum atomic E-state index is 11.5. The van der Waals surface area contributed by atoms with Crippen LogP contribution in [0, 0.1) is 6.92 Å². The van der Waals surface area contributed by atoms with Crippen LogP contribution in [0.25, 0.3) is 32.9 Å². The molecule has 128 valence electrons. The van der Waals surface area contributed by atoms with Crippen molar-refractivity contribution in [2.75, 3.05) is 11.2 Å². The number of benzene rings is 3. The third-order valence-corrected chi connectivity index (χ3v) is 4.70. The van der Waals surface area contributed by atoms with Gasteiger partial charge in [0.2, 0.25) is 5.91 Å². The van der Waals surface area contributed by atoms with Crippen molar-refractivity contribution in [1.82, 2.24) is 4.98 Å². The van der Waals surface area contributed by atoms with Gasteiger partial charge in [-0.05, 0) is 47.5 Å². The Morgan fingerprint density at radius 3 is 2.73 bits per heavy atom. The van der Waals surface area contributed by atoms with E-state index in [1.807, 2.05) is 30.3 Å². The summed E-state index contributed by atoms with van der Waals surface area (Å²) in [5.74, 6) is -0.289. The molecule has 4 rings (SSSR count). The Kier molecular flexibility index (Phi) is 4.31. The molecule has 1 heterocycles. The molecule has 1 N–H and O–H groups in total. The lowest BCUT2D eigenvalue weighted by molar-refractivity contribution is -0.113. The van der Waals surface area contributed by atoms with Crippen LogP contribution in [-0.2, 0) is 4.79 Å². The molecule has 0 saturated carbocycles. The summed E-state index contributed by atoms with van der Waals surface area (Å²) < 4.78 is 0. The van der Waals surface area contributed by atoms with Crippen LogP contribution in [0.2, 0.25) is 0 Å². The first-order valence-electron chi connectivity index (χ1n) is 8.41. The maximum Gasteiger partial charge on any atom is 0.239 e. The fraction of sp³-hybridized carbons (Fsp3) is 0.0909. The number of alkyl halides is 1. The summed E-state index contributed by atoms with van der Waals surface area (Å²) in [5, 5.41) is 6.38. The minimum atomic E-state index is -0.224. The van der Waals surface area contributed by atoms with Gasteiger partial charge in [0.05, 0.1) is 11.2 Å². The molecule has 26 heavy (non-hydrogen) atoms. The molecule has 0 atom stereocenters. The average Bonchev–Trinajstić information content (AvgIpc) is 2.67. The van der Waals surface area contributed by atoms with Crippen molar-refractivity contribution >= 4 is 44.9 Å². The second-order valence-corrected chi connectivity index (χ2v) is 6.54. The zero-order valence-electron chi connectivity index (χ0n) is 14.3. The number of amides is 1. The largest absolute Gasteiger partial charge is 0.325 e. The van der Waals surface area contributed by atoms with E-state index >= 15 is 0 Å². The van der Waals surface area contributed by atoms with E-state index in [0.717, 1.165) is 16.8 Å². The van der Waals surface area contributed by atoms with Crippen molar-refractivity contribution in [2.24, 2.45) is 0 Å². The predicted molar refractivity (Wildman–Crippen MR) is 109 cm³/mol. The molecule has 0 aliphatic carbocycles. The molecule has 0 fully saturated rings. The minimum absolute atomic E-state index is 0.0648. The second kappa shape index (κ2) is 6.77. The SMILES string of the molecule is Cc1cc(-c2cccc(NC(=O)CCl)c2)nc2ccc3ccccc3c12. The van der Waals surface area contributed by atoms with Gasteiger partial charge in [-0.15, -0.1) is 11.6 Å². The van der Waals surface area contributed by atoms with E-state index in [1.165, 1.54) is 21.7 Å². The number of anilines is 1. The lowest BCUT2D eigenvalue weighted by atomic mass is 9.99. The molecule has 0 saturated heterocycles. The van der Waals surface area contributed by atoms with Gasteiger partial charge in [-0.3, -0.25) is 4.79 Å². The molecular formula is C22H17ClN2O. The van der Waals surface area contributed by atoms with Crippen LogP contribution in [0.3, 0.4) is 0 Å². The monoisotopic (exact) mass is 360 g/mol. The Balaban J connectivity index is 1.84. The number of nitrogens with one attached hydrogen (secondary N) is 1. The highest BCUT2D eigenvalue weighted by Gasteiger charge is 2.09. The lowest BCUT2D eigenvalue weighted by Gasteiger charge is -2.11. The quantitative estimate of drug-likeness (QED) is 0.385. The van der Waals surface area contributed by atoms with E-state index in [9.17, 15) is 4.79 Å². The number of nitrogens with zero attached hydrogens (tertiary/aromatic N) is 1. The van der Waals surface area contributed by atoms with Crippen LogP contribution < -0.4 is 5.32 Å². The highest BCUT2D eigenvalue weighted by Crippen LogP contribution is 2.31. The van der Waals surface area contributed by atoms with Gasteiger partial charge in [0.15, 0.2) is 0 Å². The predicted octanol–water partition coefficient (Wildman–Crippen LogP) is 5.54. The second-order valence-electron chi connectivity index (χ2n) is 6.27. The van der Waals surface area contributed by atoms with Gasteiger partial charge in [0.25, 0.3) is 0 Å². The topological polar surface area (TPSA) is 42.0 Å². The summed E-state index contributed by atoms with van der Waals surface area (Å²) in [6, 6.07) is 22.3. The van der Waals surface area contributed by atoms with Crippen LogP contribution >= 0.6 is 11.6 Å². The number of aryl methyl sites for hydroxylation is 1. The Labute approximate surface area is 156 Å². The number of aromatic nitrogens is 1. The fourth-order valence-corrected chi connectivity index (χ4v) is 3.37. The summed E-state index contributed by atoms with van der Waals surface area (Å²) >= 11 is 5.57. The molecule has 0 aliphatic heterocycles. The zero-order chi connectivity index (χ0) is 18.1. The smallest absolute Gasteiger partial charge is 0.239 e. The molecule has 1 amide bonds. The first-order valence-corrected chi connectivity index (χ1v) is 8.94. The van der Waals surface area contributed by atoms with Gasteiger partial charge in [0, 0.05) is 16.6 Å². The van der Waals surface area contributed by atoms with Crippen molar-refractivity contribution < 1.29 is 4.79 Å². The first kappa shape index (κ1) is 16.6. The van der Waals surface area contributed by atoms with E-state index in [-0.39, 0.29) is 11.8 Å². The van der Waals surface area contributed by atoms with E-state index in [1.54, 1.807) is 0 Å². The van der Waals surface area contributed by atoms with E-state index in [2.05, 4.69) is 48.6 Å². The fourth-order valence-electron chi connectivity index (χ4n) is 3.31. The molecule has 3 nitrogen and oxygen atoms in total. The van der Waals surface area contributed by atoms with Crippen molar-refractivity contribution in [3.05, 3.63) is 72.3 Å². The molecule has 0 unspecified atom stereocenters. The van der Waals surface area contributed by atoms with Crippen molar-refractivity contribution in [2.45, 2.75) is 6.92 Å². The number of rotatable bonds is 3. The minimum Gasteiger partial charge on any atom is -0.325 e. The Hall–Kier alpha value is -2.91. The van der Waals surface area contributed by atoms with Crippen LogP contribution in [0.5, 0.6) is 0 Å². The van der Waals surface area contributed by atoms with Crippen LogP contribution in [0.4, 0.5) is 5.69 Å². The van der Waals surface area contributed by atoms with E-state index in [4.69, 9.17) is 16.6 Å². The number of carbonyl (C=O) groups excluding carboxylic acids is 1. The zero-order valence-corrected chi connectivity index (χ0v) is 15.0. The van der Waals surface area contributed by atoms with Gasteiger partial charge >= 0.3 is 0 Å². The Morgan fingerprint density at radius 2 is 1.88 bits per heavy atom. The normalized spacial score (nSPS) is 11.0. The van der Waals surface area contributed by atoms with Gasteiger partial charge < -0.3 is 5.32 Å². The number of carbonyl (C=O) groups is 1. The molecule has 3 aromatic carbocycles. The molecule has 0 spiro atoms. The average molecular weight is 361 g/mol. The van der Waals surface area contributed by atoms with Crippen LogP contribution in [-0.4, -0.2) is 16.8 Å². The number of hydrogen-bond acceptors (Lipinski definition) is 2. The molecule has 0 bridgehead atoms. The number of pyridine rings is 1. The molecule has 4 heteroatoms. The summed E-state index contributed by atoms with van der Waals surface area (Å²) in [6.07, 6.45) is 0.